The molecule has 2 nitrogen and oxygen atoms in total. The lowest BCUT2D eigenvalue weighted by molar-refractivity contribution is -0.133. The number of hydrogen-bond acceptors (Lipinski definition) is 2. The van der Waals surface area contributed by atoms with Crippen molar-refractivity contribution in [3.63, 3.8) is 0 Å². The van der Waals surface area contributed by atoms with Gasteiger partial charge in [0.05, 0.1) is 5.41 Å². The molecule has 0 saturated heterocycles. The van der Waals surface area contributed by atoms with E-state index < -0.39 is 0 Å². The van der Waals surface area contributed by atoms with Crippen molar-refractivity contribution in [3.05, 3.63) is 70.2 Å². The van der Waals surface area contributed by atoms with Crippen molar-refractivity contribution in [2.75, 3.05) is 0 Å². The first-order valence-electron chi connectivity index (χ1n) is 9.70. The number of hydrogen-bond donors (Lipinski definition) is 1. The monoisotopic (exact) mass is 413 g/mol. The first-order chi connectivity index (χ1) is 12.6. The summed E-state index contributed by atoms with van der Waals surface area (Å²) in [4.78, 5) is 13.0. The van der Waals surface area contributed by atoms with Gasteiger partial charge in [-0.1, -0.05) is 72.2 Å². The van der Waals surface area contributed by atoms with Gasteiger partial charge < -0.3 is 5.32 Å². The molecule has 2 aromatic rings. The molecule has 3 fully saturated rings. The second kappa shape index (κ2) is 8.06. The van der Waals surface area contributed by atoms with Gasteiger partial charge in [0.2, 0.25) is 0 Å². The average Bonchev–Trinajstić information content (AvgIpc) is 2.70. The van der Waals surface area contributed by atoms with Crippen LogP contribution in [0.25, 0.3) is 0 Å². The zero-order valence-electron chi connectivity index (χ0n) is 15.7. The highest BCUT2D eigenvalue weighted by Crippen LogP contribution is 2.51. The topological polar surface area (TPSA) is 29.1 Å². The van der Waals surface area contributed by atoms with E-state index in [-0.39, 0.29) is 11.0 Å². The highest BCUT2D eigenvalue weighted by atomic mass is 79.9. The van der Waals surface area contributed by atoms with Crippen LogP contribution in [0.4, 0.5) is 0 Å². The Bertz CT molecular complexity index is 731. The zero-order chi connectivity index (χ0) is 18.6. The molecule has 0 unspecified atom stereocenters. The molecule has 3 heteroatoms. The Morgan fingerprint density at radius 2 is 1.54 bits per heavy atom. The summed E-state index contributed by atoms with van der Waals surface area (Å²) in [5.41, 5.74) is 2.25. The third kappa shape index (κ3) is 3.65. The first kappa shape index (κ1) is 19.3. The number of rotatable bonds is 4. The van der Waals surface area contributed by atoms with Gasteiger partial charge in [0, 0.05) is 23.0 Å². The molecule has 0 radical (unpaired) electrons. The van der Waals surface area contributed by atoms with Crippen LogP contribution in [-0.4, -0.2) is 11.3 Å². The quantitative estimate of drug-likeness (QED) is 0.686. The van der Waals surface area contributed by atoms with Crippen molar-refractivity contribution in [2.24, 2.45) is 0 Å². The van der Waals surface area contributed by atoms with Crippen LogP contribution in [0.5, 0.6) is 0 Å². The number of benzene rings is 2. The Morgan fingerprint density at radius 3 is 2.12 bits per heavy atom. The van der Waals surface area contributed by atoms with Gasteiger partial charge in [-0.3, -0.25) is 4.79 Å². The lowest BCUT2D eigenvalue weighted by atomic mass is 9.54. The Balaban J connectivity index is 0.000000948. The molecule has 0 amide bonds. The number of carbonyl (C=O) groups excluding carboxylic acids is 1. The maximum atomic E-state index is 13.0. The third-order valence-electron chi connectivity index (χ3n) is 6.00. The third-order valence-corrected chi connectivity index (χ3v) is 6.53. The number of nitrogens with one attached hydrogen (secondary N) is 1. The number of fused-ring (bicyclic) bond motifs is 3. The fourth-order valence-electron chi connectivity index (χ4n) is 4.43. The lowest BCUT2D eigenvalue weighted by Crippen LogP contribution is -2.60. The molecule has 138 valence electrons. The fourth-order valence-corrected chi connectivity index (χ4v) is 4.70. The van der Waals surface area contributed by atoms with E-state index in [1.54, 1.807) is 0 Å². The van der Waals surface area contributed by atoms with Crippen molar-refractivity contribution in [2.45, 2.75) is 63.5 Å². The van der Waals surface area contributed by atoms with Crippen LogP contribution < -0.4 is 5.32 Å². The van der Waals surface area contributed by atoms with Crippen LogP contribution in [-0.2, 0) is 16.8 Å². The molecule has 3 aliphatic rings. The van der Waals surface area contributed by atoms with Crippen LogP contribution in [0.1, 0.15) is 57.1 Å². The van der Waals surface area contributed by atoms with E-state index >= 15 is 0 Å². The first-order valence-corrected chi connectivity index (χ1v) is 10.5. The van der Waals surface area contributed by atoms with Crippen molar-refractivity contribution in [1.29, 1.82) is 0 Å². The van der Waals surface area contributed by atoms with Crippen LogP contribution >= 0.6 is 15.9 Å². The molecular formula is C23H28BrNO. The highest BCUT2D eigenvalue weighted by Gasteiger charge is 2.54. The van der Waals surface area contributed by atoms with Gasteiger partial charge in [0.1, 0.15) is 5.78 Å². The summed E-state index contributed by atoms with van der Waals surface area (Å²) < 4.78 is 1.07. The van der Waals surface area contributed by atoms with Crippen LogP contribution in [0.15, 0.2) is 59.1 Å². The van der Waals surface area contributed by atoms with E-state index in [1.165, 1.54) is 11.1 Å². The largest absolute Gasteiger partial charge is 0.307 e. The Kier molecular flexibility index (Phi) is 5.99. The number of halogens is 1. The molecule has 0 aliphatic heterocycles. The highest BCUT2D eigenvalue weighted by molar-refractivity contribution is 9.10. The second-order valence-electron chi connectivity index (χ2n) is 7.31. The Labute approximate surface area is 165 Å². The summed E-state index contributed by atoms with van der Waals surface area (Å²) >= 11 is 3.49. The van der Waals surface area contributed by atoms with E-state index in [1.807, 2.05) is 19.9 Å². The van der Waals surface area contributed by atoms with Gasteiger partial charge in [-0.2, -0.15) is 0 Å². The van der Waals surface area contributed by atoms with Crippen molar-refractivity contribution in [1.82, 2.24) is 5.32 Å². The summed E-state index contributed by atoms with van der Waals surface area (Å²) in [6, 6.07) is 18.8. The summed E-state index contributed by atoms with van der Waals surface area (Å²) in [5.74, 6) is 0.419. The minimum Gasteiger partial charge on any atom is -0.307 e. The minimum absolute atomic E-state index is 0.00401. The summed E-state index contributed by atoms with van der Waals surface area (Å²) in [5, 5.41) is 3.72. The lowest BCUT2D eigenvalue weighted by Gasteiger charge is -2.53. The van der Waals surface area contributed by atoms with Gasteiger partial charge in [-0.25, -0.2) is 0 Å². The maximum Gasteiger partial charge on any atom is 0.145 e. The Hall–Kier alpha value is -1.45. The molecule has 2 bridgehead atoms. The van der Waals surface area contributed by atoms with Gasteiger partial charge in [0.25, 0.3) is 0 Å². The van der Waals surface area contributed by atoms with Crippen molar-refractivity contribution < 1.29 is 4.79 Å². The standard InChI is InChI=1S/C21H22BrNO.C2H6/c22-18-8-6-17(7-9-18)21-12-10-20(11-13-21,14-19(21)24)23-15-16-4-2-1-3-5-16;1-2/h1-9,23H,10-15H2;1-2H3. The van der Waals surface area contributed by atoms with Gasteiger partial charge in [-0.15, -0.1) is 0 Å². The van der Waals surface area contributed by atoms with Gasteiger partial charge in [0.15, 0.2) is 0 Å². The zero-order valence-corrected chi connectivity index (χ0v) is 17.3. The predicted octanol–water partition coefficient (Wildman–Crippen LogP) is 5.79. The fraction of sp³-hybridized carbons (Fsp3) is 0.435. The smallest absolute Gasteiger partial charge is 0.145 e. The maximum absolute atomic E-state index is 13.0. The van der Waals surface area contributed by atoms with Gasteiger partial charge in [-0.05, 0) is 48.9 Å². The van der Waals surface area contributed by atoms with E-state index in [0.717, 1.165) is 36.7 Å². The van der Waals surface area contributed by atoms with E-state index in [0.29, 0.717) is 12.2 Å². The van der Waals surface area contributed by atoms with E-state index in [4.69, 9.17) is 0 Å². The molecule has 2 aromatic carbocycles. The van der Waals surface area contributed by atoms with Gasteiger partial charge >= 0.3 is 0 Å². The van der Waals surface area contributed by atoms with Crippen LogP contribution in [0, 0.1) is 0 Å². The minimum atomic E-state index is -0.239. The SMILES string of the molecule is CC.O=C1CC2(NCc3ccccc3)CCC1(c1ccc(Br)cc1)CC2. The summed E-state index contributed by atoms with van der Waals surface area (Å²) in [6.45, 7) is 4.85. The molecule has 0 aromatic heterocycles. The van der Waals surface area contributed by atoms with Crippen LogP contribution in [0.2, 0.25) is 0 Å². The van der Waals surface area contributed by atoms with Crippen LogP contribution in [0.3, 0.4) is 0 Å². The molecule has 0 heterocycles. The number of Topliss-reactive ketones (excluding diaryl/α,β-unsaturated/α-hetero) is 1. The van der Waals surface area contributed by atoms with Crippen molar-refractivity contribution in [3.8, 4) is 0 Å². The molecule has 0 spiro atoms. The number of ketones is 1. The molecule has 1 N–H and O–H groups in total. The summed E-state index contributed by atoms with van der Waals surface area (Å²) in [7, 11) is 0. The Morgan fingerprint density at radius 1 is 0.923 bits per heavy atom. The molecule has 26 heavy (non-hydrogen) atoms. The molecule has 0 atom stereocenters. The normalized spacial score (nSPS) is 27.0. The molecule has 3 aliphatic carbocycles. The van der Waals surface area contributed by atoms with E-state index in [9.17, 15) is 4.79 Å². The second-order valence-corrected chi connectivity index (χ2v) is 8.22. The molecule has 3 saturated carbocycles. The van der Waals surface area contributed by atoms with Crippen molar-refractivity contribution >= 4 is 21.7 Å². The number of carbonyl (C=O) groups is 1. The molecule has 5 rings (SSSR count). The average molecular weight is 414 g/mol. The predicted molar refractivity (Wildman–Crippen MR) is 111 cm³/mol. The van der Waals surface area contributed by atoms with E-state index in [2.05, 4.69) is 69.8 Å². The summed E-state index contributed by atoms with van der Waals surface area (Å²) in [6.07, 6.45) is 4.77. The molecular weight excluding hydrogens is 386 g/mol.